The van der Waals surface area contributed by atoms with Gasteiger partial charge in [0.15, 0.2) is 5.82 Å². The first-order valence-electron chi connectivity index (χ1n) is 29.4. The quantitative estimate of drug-likeness (QED) is 0.0226. The highest BCUT2D eigenvalue weighted by Gasteiger charge is 2.30. The number of carbonyl (C=O) groups excluding carboxylic acids is 6. The van der Waals surface area contributed by atoms with E-state index in [1.807, 2.05) is 30.3 Å². The number of halogens is 2. The Labute approximate surface area is 503 Å². The van der Waals surface area contributed by atoms with Gasteiger partial charge in [-0.3, -0.25) is 43.0 Å². The highest BCUT2D eigenvalue weighted by Crippen LogP contribution is 2.40. The summed E-state index contributed by atoms with van der Waals surface area (Å²) in [5, 5.41) is 28.0. The molecule has 5 heterocycles. The molecule has 5 amide bonds. The predicted molar refractivity (Wildman–Crippen MR) is 329 cm³/mol. The van der Waals surface area contributed by atoms with Crippen LogP contribution in [0.15, 0.2) is 91.3 Å². The van der Waals surface area contributed by atoms with E-state index >= 15 is 4.39 Å². The fourth-order valence-electron chi connectivity index (χ4n) is 10.9. The molecule has 9 rings (SSSR count). The predicted octanol–water partition coefficient (Wildman–Crippen LogP) is 7.58. The number of carbonyl (C=O) groups is 6. The number of para-hydroxylation sites is 1. The van der Waals surface area contributed by atoms with Crippen molar-refractivity contribution in [1.82, 2.24) is 60.6 Å². The Hall–Kier alpha value is -8.70. The van der Waals surface area contributed by atoms with Gasteiger partial charge in [-0.15, -0.1) is 0 Å². The number of benzene rings is 4. The number of nitrogens with zero attached hydrogens (tertiary/aromatic N) is 9. The summed E-state index contributed by atoms with van der Waals surface area (Å²) < 4.78 is 24.3. The number of aryl methyl sites for hydroxylation is 1. The summed E-state index contributed by atoms with van der Waals surface area (Å²) in [4.78, 5) is 92.0. The van der Waals surface area contributed by atoms with Crippen molar-refractivity contribution in [3.05, 3.63) is 113 Å². The van der Waals surface area contributed by atoms with Crippen LogP contribution in [0.3, 0.4) is 0 Å². The van der Waals surface area contributed by atoms with Crippen LogP contribution in [0.5, 0.6) is 0 Å². The molecule has 7 aromatic rings. The molecule has 6 N–H and O–H groups in total. The smallest absolute Gasteiger partial charge is 0.325 e. The summed E-state index contributed by atoms with van der Waals surface area (Å²) in [6.45, 7) is 8.80. The average molecular weight is 1200 g/mol. The van der Waals surface area contributed by atoms with Crippen molar-refractivity contribution < 1.29 is 37.9 Å². The lowest BCUT2D eigenvalue weighted by Gasteiger charge is -2.36. The molecule has 0 atom stereocenters. The van der Waals surface area contributed by atoms with Crippen molar-refractivity contribution in [2.75, 3.05) is 88.0 Å². The second-order valence-electron chi connectivity index (χ2n) is 21.9. The fourth-order valence-corrected chi connectivity index (χ4v) is 11.1. The molecule has 2 aliphatic rings. The zero-order chi connectivity index (χ0) is 60.7. The first kappa shape index (κ1) is 61.8. The molecule has 2 saturated heterocycles. The van der Waals surface area contributed by atoms with Crippen LogP contribution in [0, 0.1) is 5.82 Å². The van der Waals surface area contributed by atoms with Gasteiger partial charge in [-0.25, -0.2) is 9.37 Å². The second kappa shape index (κ2) is 29.4. The molecule has 0 spiro atoms. The van der Waals surface area contributed by atoms with Crippen molar-refractivity contribution >= 4 is 97.7 Å². The number of amides is 5. The Balaban J connectivity index is 0.668. The summed E-state index contributed by atoms with van der Waals surface area (Å²) >= 11 is 6.43. The Morgan fingerprint density at radius 2 is 1.50 bits per heavy atom. The molecule has 4 aromatic carbocycles. The Kier molecular flexibility index (Phi) is 21.1. The van der Waals surface area contributed by atoms with E-state index in [1.165, 1.54) is 12.3 Å². The van der Waals surface area contributed by atoms with Gasteiger partial charge in [0.05, 0.1) is 53.0 Å². The van der Waals surface area contributed by atoms with E-state index in [9.17, 15) is 28.8 Å². The standard InChI is InChI=1S/C62H75ClFN15O7/c1-40(2)86-57(84)38-68-54(81)37-67-55(82)39-79-51-16-12-14-45(47-34-52-42(33-49(47)64)35-70-75(52)4)58(51)59(74-79)41-23-27-78(28-24-41)56(83)22-21-53(80)66-25-10-6-5-7-11-26-76-29-31-77(32-30-76)44-19-17-43(18-20-44)71-62-69-36-48(63)60(73-62)72-50-15-9-8-13-46(50)61(85)65-3/h8-9,12-20,33-36,40-41H,5-7,10-11,21-32,37-39H2,1-4H3,(H,65,85)(H,66,80)(H,67,82)(H,68,81)(H2,69,71,72,73). The third-order valence-electron chi connectivity index (χ3n) is 15.5. The highest BCUT2D eigenvalue weighted by atomic mass is 35.5. The van der Waals surface area contributed by atoms with Crippen LogP contribution in [0.1, 0.15) is 93.6 Å². The first-order chi connectivity index (χ1) is 41.6. The van der Waals surface area contributed by atoms with Gasteiger partial charge in [-0.1, -0.05) is 55.1 Å². The average Bonchev–Trinajstić information content (AvgIpc) is 2.70. The molecule has 3 aromatic heterocycles. The molecule has 0 aliphatic carbocycles. The Morgan fingerprint density at radius 3 is 2.27 bits per heavy atom. The number of piperidine rings is 1. The van der Waals surface area contributed by atoms with Crippen LogP contribution < -0.4 is 36.8 Å². The minimum atomic E-state index is -0.591. The van der Waals surface area contributed by atoms with E-state index in [2.05, 4.69) is 68.9 Å². The maximum Gasteiger partial charge on any atom is 0.325 e. The molecular weight excluding hydrogens is 1120 g/mol. The third kappa shape index (κ3) is 16.2. The number of nitrogens with one attached hydrogen (secondary N) is 6. The van der Waals surface area contributed by atoms with Crippen LogP contribution in [0.2, 0.25) is 5.02 Å². The third-order valence-corrected chi connectivity index (χ3v) is 15.8. The Morgan fingerprint density at radius 1 is 0.756 bits per heavy atom. The largest absolute Gasteiger partial charge is 0.462 e. The van der Waals surface area contributed by atoms with Crippen LogP contribution in [-0.4, -0.2) is 153 Å². The van der Waals surface area contributed by atoms with Crippen molar-refractivity contribution in [3.63, 3.8) is 0 Å². The number of likely N-dealkylation sites (tertiary alicyclic amines) is 1. The molecule has 0 saturated carbocycles. The molecule has 0 radical (unpaired) electrons. The molecule has 24 heteroatoms. The summed E-state index contributed by atoms with van der Waals surface area (Å²) in [5.74, 6) is -1.95. The minimum absolute atomic E-state index is 0.0949. The van der Waals surface area contributed by atoms with Gasteiger partial charge < -0.3 is 46.4 Å². The van der Waals surface area contributed by atoms with Crippen molar-refractivity contribution in [2.45, 2.75) is 90.2 Å². The monoisotopic (exact) mass is 1200 g/mol. The lowest BCUT2D eigenvalue weighted by Crippen LogP contribution is -2.46. The van der Waals surface area contributed by atoms with Crippen LogP contribution in [-0.2, 0) is 42.3 Å². The van der Waals surface area contributed by atoms with Crippen LogP contribution >= 0.6 is 11.6 Å². The van der Waals surface area contributed by atoms with E-state index in [0.717, 1.165) is 81.7 Å². The van der Waals surface area contributed by atoms with Gasteiger partial charge in [0.2, 0.25) is 29.6 Å². The van der Waals surface area contributed by atoms with E-state index in [-0.39, 0.29) is 62.2 Å². The minimum Gasteiger partial charge on any atom is -0.462 e. The van der Waals surface area contributed by atoms with Crippen molar-refractivity contribution in [1.29, 1.82) is 0 Å². The zero-order valence-corrected chi connectivity index (χ0v) is 49.9. The molecule has 86 heavy (non-hydrogen) atoms. The number of aromatic nitrogens is 6. The lowest BCUT2D eigenvalue weighted by atomic mass is 9.88. The van der Waals surface area contributed by atoms with Crippen LogP contribution in [0.4, 0.5) is 33.2 Å². The lowest BCUT2D eigenvalue weighted by molar-refractivity contribution is -0.147. The summed E-state index contributed by atoms with van der Waals surface area (Å²) in [5.41, 5.74) is 5.98. The highest BCUT2D eigenvalue weighted by molar-refractivity contribution is 6.33. The topological polar surface area (TPSA) is 255 Å². The van der Waals surface area contributed by atoms with Gasteiger partial charge in [0.25, 0.3) is 5.91 Å². The SMILES string of the molecule is CNC(=O)c1ccccc1Nc1nc(Nc2ccc(N3CCN(CCCCCCCNC(=O)CCC(=O)N4CCC(c5nn(CC(=O)NCC(=O)NCC(=O)OC(C)C)c6cccc(-c7cc8c(cnn8C)cc7F)c56)CC4)CC3)cc2)ncc1Cl. The molecule has 0 bridgehead atoms. The number of piperazine rings is 1. The van der Waals surface area contributed by atoms with Crippen molar-refractivity contribution in [2.24, 2.45) is 7.05 Å². The maximum atomic E-state index is 16.0. The van der Waals surface area contributed by atoms with Crippen LogP contribution in [0.25, 0.3) is 32.9 Å². The molecule has 0 unspecified atom stereocenters. The summed E-state index contributed by atoms with van der Waals surface area (Å²) in [7, 11) is 3.37. The number of hydrogen-bond donors (Lipinski definition) is 6. The van der Waals surface area contributed by atoms with E-state index in [1.54, 1.807) is 78.7 Å². The van der Waals surface area contributed by atoms with Gasteiger partial charge in [0, 0.05) is 106 Å². The number of rotatable bonds is 26. The van der Waals surface area contributed by atoms with Crippen molar-refractivity contribution in [3.8, 4) is 11.1 Å². The number of ether oxygens (including phenoxy) is 1. The number of unbranched alkanes of at least 4 members (excludes halogenated alkanes) is 4. The zero-order valence-electron chi connectivity index (χ0n) is 49.1. The molecule has 2 aliphatic heterocycles. The van der Waals surface area contributed by atoms with Gasteiger partial charge in [0.1, 0.15) is 23.9 Å². The van der Waals surface area contributed by atoms with Gasteiger partial charge in [-0.2, -0.15) is 15.2 Å². The second-order valence-corrected chi connectivity index (χ2v) is 22.3. The molecule has 454 valence electrons. The molecular formula is C62H75ClFN15O7. The van der Waals surface area contributed by atoms with Gasteiger partial charge in [-0.05, 0) is 106 Å². The summed E-state index contributed by atoms with van der Waals surface area (Å²) in [6, 6.07) is 24.0. The van der Waals surface area contributed by atoms with Gasteiger partial charge >= 0.3 is 5.97 Å². The summed E-state index contributed by atoms with van der Waals surface area (Å²) in [6.07, 6.45) is 9.32. The number of fused-ring (bicyclic) bond motifs is 2. The van der Waals surface area contributed by atoms with E-state index < -0.39 is 23.6 Å². The number of anilines is 5. The molecule has 22 nitrogen and oxygen atoms in total. The first-order valence-corrected chi connectivity index (χ1v) is 29.8. The van der Waals surface area contributed by atoms with E-state index in [0.29, 0.717) is 93.6 Å². The number of esters is 1. The fraction of sp³-hybridized carbons (Fsp3) is 0.419. The van der Waals surface area contributed by atoms with E-state index in [4.69, 9.17) is 21.4 Å². The Bertz CT molecular complexity index is 3540. The maximum absolute atomic E-state index is 16.0. The normalized spacial score (nSPS) is 13.9. The number of hydrogen-bond acceptors (Lipinski definition) is 15. The molecule has 2 fully saturated rings.